The Hall–Kier alpha value is -2.27. The van der Waals surface area contributed by atoms with E-state index in [9.17, 15) is 0 Å². The number of nitrogens with two attached hydrogens (primary N) is 1. The Morgan fingerprint density at radius 1 is 0.952 bits per heavy atom. The van der Waals surface area contributed by atoms with Gasteiger partial charge in [-0.1, -0.05) is 60.3 Å². The molecule has 0 saturated carbocycles. The Morgan fingerprint density at radius 3 is 2.05 bits per heavy atom. The molecule has 4 nitrogen and oxygen atoms in total. The maximum Gasteiger partial charge on any atom is 0.210 e. The number of aryl methyl sites for hydroxylation is 1. The van der Waals surface area contributed by atoms with Gasteiger partial charge in [0, 0.05) is 0 Å². The number of nitrogen functional groups attached to an aromatic ring is 1. The summed E-state index contributed by atoms with van der Waals surface area (Å²) in [5.41, 5.74) is 5.21. The van der Waals surface area contributed by atoms with E-state index in [2.05, 4.69) is 58.7 Å². The van der Waals surface area contributed by atoms with E-state index in [0.717, 1.165) is 11.0 Å². The molecule has 0 saturated heterocycles. The van der Waals surface area contributed by atoms with Gasteiger partial charge < -0.3 is 5.84 Å². The average Bonchev–Trinajstić information content (AvgIpc) is 3.01. The molecule has 1 aromatic heterocycles. The van der Waals surface area contributed by atoms with Crippen molar-refractivity contribution in [3.63, 3.8) is 0 Å². The van der Waals surface area contributed by atoms with Crippen molar-refractivity contribution in [2.75, 3.05) is 5.84 Å². The summed E-state index contributed by atoms with van der Waals surface area (Å²) in [5.74, 6) is 6.71. The first-order valence-electron chi connectivity index (χ1n) is 6.77. The summed E-state index contributed by atoms with van der Waals surface area (Å²) in [4.78, 5) is 0. The van der Waals surface area contributed by atoms with Crippen LogP contribution in [0.25, 0.3) is 11.1 Å². The third-order valence-corrected chi connectivity index (χ3v) is 5.07. The van der Waals surface area contributed by atoms with Crippen molar-refractivity contribution < 1.29 is 0 Å². The van der Waals surface area contributed by atoms with Crippen molar-refractivity contribution in [1.29, 1.82) is 0 Å². The molecule has 1 heterocycles. The van der Waals surface area contributed by atoms with Gasteiger partial charge in [-0.05, 0) is 29.2 Å². The SMILES string of the molecule is Cc1nnc(SC2c3ccccc3-c3ccccc32)n1N. The van der Waals surface area contributed by atoms with Crippen LogP contribution in [0.2, 0.25) is 0 Å². The van der Waals surface area contributed by atoms with Gasteiger partial charge in [0.05, 0.1) is 5.25 Å². The van der Waals surface area contributed by atoms with Gasteiger partial charge in [0.25, 0.3) is 0 Å². The number of hydrogen-bond acceptors (Lipinski definition) is 4. The lowest BCUT2D eigenvalue weighted by atomic mass is 10.1. The summed E-state index contributed by atoms with van der Waals surface area (Å²) < 4.78 is 1.55. The van der Waals surface area contributed by atoms with Crippen LogP contribution < -0.4 is 5.84 Å². The summed E-state index contributed by atoms with van der Waals surface area (Å²) in [6.45, 7) is 1.85. The number of thioether (sulfide) groups is 1. The fourth-order valence-corrected chi connectivity index (χ4v) is 3.98. The molecule has 2 aromatic carbocycles. The van der Waals surface area contributed by atoms with Crippen molar-refractivity contribution in [3.8, 4) is 11.1 Å². The first-order valence-corrected chi connectivity index (χ1v) is 7.65. The van der Waals surface area contributed by atoms with Crippen molar-refractivity contribution in [2.24, 2.45) is 0 Å². The molecule has 0 atom stereocenters. The zero-order valence-electron chi connectivity index (χ0n) is 11.5. The van der Waals surface area contributed by atoms with Gasteiger partial charge in [-0.15, -0.1) is 10.2 Å². The van der Waals surface area contributed by atoms with Crippen molar-refractivity contribution in [3.05, 3.63) is 65.5 Å². The molecule has 1 aliphatic rings. The predicted octanol–water partition coefficient (Wildman–Crippen LogP) is 3.16. The topological polar surface area (TPSA) is 56.7 Å². The zero-order chi connectivity index (χ0) is 14.4. The number of hydrogen-bond donors (Lipinski definition) is 1. The van der Waals surface area contributed by atoms with Gasteiger partial charge >= 0.3 is 0 Å². The Labute approximate surface area is 127 Å². The molecule has 2 N–H and O–H groups in total. The molecule has 0 fully saturated rings. The first kappa shape index (κ1) is 12.5. The van der Waals surface area contributed by atoms with Crippen LogP contribution in [-0.2, 0) is 0 Å². The molecule has 0 radical (unpaired) electrons. The van der Waals surface area contributed by atoms with E-state index in [1.165, 1.54) is 22.3 Å². The number of aromatic nitrogens is 3. The van der Waals surface area contributed by atoms with E-state index in [4.69, 9.17) is 5.84 Å². The molecule has 0 unspecified atom stereocenters. The molecular weight excluding hydrogens is 280 g/mol. The van der Waals surface area contributed by atoms with E-state index in [0.29, 0.717) is 0 Å². The highest BCUT2D eigenvalue weighted by atomic mass is 32.2. The van der Waals surface area contributed by atoms with Crippen LogP contribution in [-0.4, -0.2) is 14.9 Å². The van der Waals surface area contributed by atoms with Crippen molar-refractivity contribution in [2.45, 2.75) is 17.3 Å². The standard InChI is InChI=1S/C16H14N4S/c1-10-18-19-16(20(10)17)21-15-13-8-4-2-6-11(13)12-7-3-5-9-14(12)15/h2-9,15H,17H2,1H3. The van der Waals surface area contributed by atoms with Crippen LogP contribution in [0, 0.1) is 6.92 Å². The molecule has 0 amide bonds. The number of benzene rings is 2. The van der Waals surface area contributed by atoms with Gasteiger partial charge in [-0.3, -0.25) is 0 Å². The Bertz CT molecular complexity index is 779. The summed E-state index contributed by atoms with van der Waals surface area (Å²) in [5, 5.41) is 9.16. The van der Waals surface area contributed by atoms with E-state index < -0.39 is 0 Å². The molecule has 4 rings (SSSR count). The molecule has 1 aliphatic carbocycles. The van der Waals surface area contributed by atoms with Gasteiger partial charge in [0.1, 0.15) is 5.82 Å². The van der Waals surface area contributed by atoms with Gasteiger partial charge in [-0.25, -0.2) is 4.68 Å². The smallest absolute Gasteiger partial charge is 0.210 e. The lowest BCUT2D eigenvalue weighted by Crippen LogP contribution is -2.12. The minimum Gasteiger partial charge on any atom is -0.336 e. The van der Waals surface area contributed by atoms with Crippen LogP contribution in [0.1, 0.15) is 22.2 Å². The zero-order valence-corrected chi connectivity index (χ0v) is 12.3. The number of fused-ring (bicyclic) bond motifs is 3. The molecule has 5 heteroatoms. The minimum atomic E-state index is 0.211. The predicted molar refractivity (Wildman–Crippen MR) is 84.5 cm³/mol. The summed E-state index contributed by atoms with van der Waals surface area (Å²) in [7, 11) is 0. The fourth-order valence-electron chi connectivity index (χ4n) is 2.77. The minimum absolute atomic E-state index is 0.211. The molecule has 21 heavy (non-hydrogen) atoms. The lowest BCUT2D eigenvalue weighted by molar-refractivity contribution is 0.823. The second-order valence-electron chi connectivity index (χ2n) is 5.07. The van der Waals surface area contributed by atoms with Crippen LogP contribution in [0.3, 0.4) is 0 Å². The summed E-state index contributed by atoms with van der Waals surface area (Å²) in [6.07, 6.45) is 0. The Kier molecular flexibility index (Phi) is 2.75. The fraction of sp³-hybridized carbons (Fsp3) is 0.125. The molecule has 0 bridgehead atoms. The monoisotopic (exact) mass is 294 g/mol. The second-order valence-corrected chi connectivity index (χ2v) is 6.14. The summed E-state index contributed by atoms with van der Waals surface area (Å²) >= 11 is 1.65. The molecule has 0 spiro atoms. The Morgan fingerprint density at radius 2 is 1.52 bits per heavy atom. The quantitative estimate of drug-likeness (QED) is 0.738. The van der Waals surface area contributed by atoms with Crippen LogP contribution in [0.15, 0.2) is 53.7 Å². The van der Waals surface area contributed by atoms with E-state index in [-0.39, 0.29) is 5.25 Å². The maximum absolute atomic E-state index is 5.99. The van der Waals surface area contributed by atoms with Gasteiger partial charge in [-0.2, -0.15) is 0 Å². The maximum atomic E-state index is 5.99. The van der Waals surface area contributed by atoms with Gasteiger partial charge in [0.15, 0.2) is 0 Å². The lowest BCUT2D eigenvalue weighted by Gasteiger charge is -2.12. The highest BCUT2D eigenvalue weighted by Crippen LogP contribution is 2.51. The van der Waals surface area contributed by atoms with Crippen molar-refractivity contribution in [1.82, 2.24) is 14.9 Å². The van der Waals surface area contributed by atoms with E-state index in [1.807, 2.05) is 6.92 Å². The van der Waals surface area contributed by atoms with Crippen molar-refractivity contribution >= 4 is 11.8 Å². The first-order chi connectivity index (χ1) is 10.3. The molecule has 3 aromatic rings. The summed E-state index contributed by atoms with van der Waals surface area (Å²) in [6, 6.07) is 17.0. The average molecular weight is 294 g/mol. The highest BCUT2D eigenvalue weighted by Gasteiger charge is 2.30. The second kappa shape index (κ2) is 4.63. The third-order valence-electron chi connectivity index (χ3n) is 3.83. The number of rotatable bonds is 2. The molecular formula is C16H14N4S. The number of nitrogens with zero attached hydrogens (tertiary/aromatic N) is 3. The highest BCUT2D eigenvalue weighted by molar-refractivity contribution is 7.99. The van der Waals surface area contributed by atoms with Gasteiger partial charge in [0.2, 0.25) is 5.16 Å². The molecule has 0 aliphatic heterocycles. The largest absolute Gasteiger partial charge is 0.336 e. The van der Waals surface area contributed by atoms with E-state index in [1.54, 1.807) is 16.4 Å². The van der Waals surface area contributed by atoms with Crippen LogP contribution >= 0.6 is 11.8 Å². The normalized spacial score (nSPS) is 13.2. The van der Waals surface area contributed by atoms with Crippen LogP contribution in [0.5, 0.6) is 0 Å². The van der Waals surface area contributed by atoms with Crippen LogP contribution in [0.4, 0.5) is 0 Å². The molecule has 104 valence electrons. The third kappa shape index (κ3) is 1.85. The Balaban J connectivity index is 1.83. The van der Waals surface area contributed by atoms with E-state index >= 15 is 0 Å².